The summed E-state index contributed by atoms with van der Waals surface area (Å²) in [6.07, 6.45) is 7.65. The Hall–Kier alpha value is -2.38. The molecule has 3 aromatic heterocycles. The molecule has 2 aliphatic heterocycles. The minimum Gasteiger partial charge on any atom is -0.387 e. The maximum atomic E-state index is 13.2. The fourth-order valence-electron chi connectivity index (χ4n) is 4.66. The van der Waals surface area contributed by atoms with Crippen LogP contribution in [0.15, 0.2) is 30.7 Å². The fraction of sp³-hybridized carbons (Fsp3) is 0.450. The molecule has 1 saturated heterocycles. The molecule has 0 bridgehead atoms. The van der Waals surface area contributed by atoms with Crippen LogP contribution in [0.2, 0.25) is 0 Å². The predicted octanol–water partition coefficient (Wildman–Crippen LogP) is 2.72. The average molecular weight is 367 g/mol. The van der Waals surface area contributed by atoms with Crippen LogP contribution in [0, 0.1) is 0 Å². The minimum atomic E-state index is -0.663. The van der Waals surface area contributed by atoms with Gasteiger partial charge in [0.1, 0.15) is 6.67 Å². The van der Waals surface area contributed by atoms with E-state index >= 15 is 0 Å². The van der Waals surface area contributed by atoms with Gasteiger partial charge in [0.15, 0.2) is 5.82 Å². The standard InChI is InChI=1S/C20H22FN5O/c21-10-18-23-11-16-20(24-18)19-14-2-1-8-25(14)9-5-15(19)26(16)12-17(27)13-3-6-22-7-4-13/h3-4,6-7,11,14,17,27H,1-2,5,8-10,12H2. The molecule has 5 rings (SSSR count). The Balaban J connectivity index is 1.64. The van der Waals surface area contributed by atoms with E-state index < -0.39 is 12.8 Å². The zero-order valence-electron chi connectivity index (χ0n) is 15.1. The number of hydrogen-bond donors (Lipinski definition) is 1. The summed E-state index contributed by atoms with van der Waals surface area (Å²) in [5.74, 6) is 0.229. The van der Waals surface area contributed by atoms with Gasteiger partial charge in [0, 0.05) is 42.7 Å². The number of halogens is 1. The fourth-order valence-corrected chi connectivity index (χ4v) is 4.66. The second-order valence-corrected chi connectivity index (χ2v) is 7.37. The first-order valence-electron chi connectivity index (χ1n) is 9.51. The van der Waals surface area contributed by atoms with Crippen LogP contribution < -0.4 is 0 Å². The van der Waals surface area contributed by atoms with Gasteiger partial charge in [-0.1, -0.05) is 0 Å². The number of hydrogen-bond acceptors (Lipinski definition) is 5. The van der Waals surface area contributed by atoms with Crippen molar-refractivity contribution in [3.63, 3.8) is 0 Å². The molecule has 0 saturated carbocycles. The summed E-state index contributed by atoms with van der Waals surface area (Å²) < 4.78 is 15.3. The Morgan fingerprint density at radius 1 is 1.26 bits per heavy atom. The third-order valence-corrected chi connectivity index (χ3v) is 5.90. The Bertz CT molecular complexity index is 973. The summed E-state index contributed by atoms with van der Waals surface area (Å²) in [4.78, 5) is 15.2. The predicted molar refractivity (Wildman–Crippen MR) is 98.8 cm³/mol. The number of aromatic nitrogens is 4. The van der Waals surface area contributed by atoms with Crippen molar-refractivity contribution in [1.29, 1.82) is 0 Å². The van der Waals surface area contributed by atoms with E-state index in [0.29, 0.717) is 12.6 Å². The Labute approximate surface area is 156 Å². The van der Waals surface area contributed by atoms with Crippen LogP contribution in [0.4, 0.5) is 4.39 Å². The van der Waals surface area contributed by atoms with E-state index in [-0.39, 0.29) is 5.82 Å². The second kappa shape index (κ2) is 6.65. The van der Waals surface area contributed by atoms with Crippen molar-refractivity contribution in [2.24, 2.45) is 0 Å². The topological polar surface area (TPSA) is 67.1 Å². The molecule has 0 radical (unpaired) electrons. The lowest BCUT2D eigenvalue weighted by Gasteiger charge is -2.31. The van der Waals surface area contributed by atoms with Gasteiger partial charge in [-0.2, -0.15) is 0 Å². The van der Waals surface area contributed by atoms with E-state index in [2.05, 4.69) is 24.4 Å². The maximum Gasteiger partial charge on any atom is 0.160 e. The molecule has 0 amide bonds. The summed E-state index contributed by atoms with van der Waals surface area (Å²) in [7, 11) is 0. The van der Waals surface area contributed by atoms with Gasteiger partial charge in [-0.25, -0.2) is 14.4 Å². The van der Waals surface area contributed by atoms with Crippen molar-refractivity contribution in [1.82, 2.24) is 24.4 Å². The summed E-state index contributed by atoms with van der Waals surface area (Å²) >= 11 is 0. The second-order valence-electron chi connectivity index (χ2n) is 7.37. The number of pyridine rings is 1. The zero-order valence-corrected chi connectivity index (χ0v) is 15.1. The van der Waals surface area contributed by atoms with Crippen LogP contribution >= 0.6 is 0 Å². The number of rotatable bonds is 4. The molecule has 6 nitrogen and oxygen atoms in total. The number of nitrogens with zero attached hydrogens (tertiary/aromatic N) is 5. The van der Waals surface area contributed by atoms with Crippen molar-refractivity contribution in [2.45, 2.75) is 44.6 Å². The zero-order chi connectivity index (χ0) is 18.4. The Morgan fingerprint density at radius 3 is 2.93 bits per heavy atom. The molecule has 0 aromatic carbocycles. The highest BCUT2D eigenvalue weighted by molar-refractivity contribution is 5.82. The van der Waals surface area contributed by atoms with Gasteiger partial charge >= 0.3 is 0 Å². The number of alkyl halides is 1. The molecule has 2 aliphatic rings. The van der Waals surface area contributed by atoms with Crippen molar-refractivity contribution in [2.75, 3.05) is 13.1 Å². The minimum absolute atomic E-state index is 0.229. The van der Waals surface area contributed by atoms with Crippen LogP contribution in [0.3, 0.4) is 0 Å². The highest BCUT2D eigenvalue weighted by atomic mass is 19.1. The van der Waals surface area contributed by atoms with Crippen molar-refractivity contribution < 1.29 is 9.50 Å². The van der Waals surface area contributed by atoms with Crippen LogP contribution in [0.1, 0.15) is 47.6 Å². The highest BCUT2D eigenvalue weighted by Gasteiger charge is 2.36. The highest BCUT2D eigenvalue weighted by Crippen LogP contribution is 2.42. The van der Waals surface area contributed by atoms with Crippen LogP contribution in [-0.4, -0.2) is 42.6 Å². The molecule has 0 aliphatic carbocycles. The quantitative estimate of drug-likeness (QED) is 0.768. The van der Waals surface area contributed by atoms with E-state index in [0.717, 1.165) is 42.5 Å². The van der Waals surface area contributed by atoms with Gasteiger partial charge in [-0.05, 0) is 37.1 Å². The van der Waals surface area contributed by atoms with Crippen LogP contribution in [-0.2, 0) is 19.6 Å². The van der Waals surface area contributed by atoms with E-state index in [9.17, 15) is 9.50 Å². The first-order valence-corrected chi connectivity index (χ1v) is 9.51. The van der Waals surface area contributed by atoms with Crippen LogP contribution in [0.25, 0.3) is 11.0 Å². The van der Waals surface area contributed by atoms with E-state index in [4.69, 9.17) is 0 Å². The van der Waals surface area contributed by atoms with E-state index in [1.165, 1.54) is 17.7 Å². The van der Waals surface area contributed by atoms with Gasteiger partial charge in [-0.3, -0.25) is 9.88 Å². The van der Waals surface area contributed by atoms with Gasteiger partial charge in [0.05, 0.1) is 29.9 Å². The summed E-state index contributed by atoms with van der Waals surface area (Å²) in [5, 5.41) is 10.8. The van der Waals surface area contributed by atoms with Crippen LogP contribution in [0.5, 0.6) is 0 Å². The van der Waals surface area contributed by atoms with Crippen molar-refractivity contribution in [3.05, 3.63) is 53.4 Å². The van der Waals surface area contributed by atoms with Crippen molar-refractivity contribution >= 4 is 11.0 Å². The van der Waals surface area contributed by atoms with Gasteiger partial charge in [0.2, 0.25) is 0 Å². The Kier molecular flexibility index (Phi) is 4.13. The molecule has 5 heterocycles. The molecule has 7 heteroatoms. The van der Waals surface area contributed by atoms with Gasteiger partial charge in [0.25, 0.3) is 0 Å². The van der Waals surface area contributed by atoms with Gasteiger partial charge < -0.3 is 9.67 Å². The number of fused-ring (bicyclic) bond motifs is 5. The molecule has 2 unspecified atom stereocenters. The summed E-state index contributed by atoms with van der Waals surface area (Å²) in [6, 6.07) is 4.01. The number of aliphatic hydroxyl groups excluding tert-OH is 1. The number of aliphatic hydroxyl groups is 1. The van der Waals surface area contributed by atoms with E-state index in [1.54, 1.807) is 18.6 Å². The van der Waals surface area contributed by atoms with E-state index in [1.807, 2.05) is 12.1 Å². The molecule has 0 spiro atoms. The monoisotopic (exact) mass is 367 g/mol. The molecule has 1 N–H and O–H groups in total. The summed E-state index contributed by atoms with van der Waals surface area (Å²) in [5.41, 5.74) is 5.00. The largest absolute Gasteiger partial charge is 0.387 e. The maximum absolute atomic E-state index is 13.2. The smallest absolute Gasteiger partial charge is 0.160 e. The van der Waals surface area contributed by atoms with Gasteiger partial charge in [-0.15, -0.1) is 0 Å². The molecular weight excluding hydrogens is 345 g/mol. The lowest BCUT2D eigenvalue weighted by Crippen LogP contribution is -2.31. The lowest BCUT2D eigenvalue weighted by molar-refractivity contribution is 0.155. The third kappa shape index (κ3) is 2.73. The first kappa shape index (κ1) is 16.8. The molecule has 3 aromatic rings. The third-order valence-electron chi connectivity index (χ3n) is 5.90. The molecule has 140 valence electrons. The SMILES string of the molecule is OC(Cn1c2c(c3nc(CF)ncc31)C1CCCN1CC2)c1ccncc1. The summed E-state index contributed by atoms with van der Waals surface area (Å²) in [6.45, 7) is 1.89. The lowest BCUT2D eigenvalue weighted by atomic mass is 9.98. The molecular formula is C20H22FN5O. The molecule has 27 heavy (non-hydrogen) atoms. The Morgan fingerprint density at radius 2 is 2.11 bits per heavy atom. The first-order chi connectivity index (χ1) is 13.3. The average Bonchev–Trinajstić information content (AvgIpc) is 3.31. The molecule has 1 fully saturated rings. The molecule has 2 atom stereocenters. The van der Waals surface area contributed by atoms with Crippen molar-refractivity contribution in [3.8, 4) is 0 Å². The normalized spacial score (nSPS) is 20.6.